The van der Waals surface area contributed by atoms with Crippen LogP contribution in [0, 0.1) is 0 Å². The summed E-state index contributed by atoms with van der Waals surface area (Å²) in [6, 6.07) is 5.03. The highest BCUT2D eigenvalue weighted by Gasteiger charge is 2.43. The summed E-state index contributed by atoms with van der Waals surface area (Å²) < 4.78 is 0. The van der Waals surface area contributed by atoms with Crippen LogP contribution >= 0.6 is 11.6 Å². The molecule has 1 N–H and O–H groups in total. The van der Waals surface area contributed by atoms with Crippen molar-refractivity contribution >= 4 is 23.9 Å². The number of carbonyl (C=O) groups is 2. The molecule has 0 aromatic heterocycles. The molecule has 0 amide bonds. The molecule has 3 nitrogen and oxygen atoms in total. The Labute approximate surface area is 98.0 Å². The molecule has 16 heavy (non-hydrogen) atoms. The van der Waals surface area contributed by atoms with Crippen LogP contribution in [-0.4, -0.2) is 17.4 Å². The molecule has 0 unspecified atom stereocenters. The maximum absolute atomic E-state index is 11.3. The van der Waals surface area contributed by atoms with Gasteiger partial charge < -0.3 is 9.90 Å². The minimum Gasteiger partial charge on any atom is -0.480 e. The lowest BCUT2D eigenvalue weighted by Crippen LogP contribution is -2.40. The maximum atomic E-state index is 11.3. The molecule has 1 aromatic rings. The van der Waals surface area contributed by atoms with Gasteiger partial charge in [-0.25, -0.2) is 0 Å². The van der Waals surface area contributed by atoms with Crippen molar-refractivity contribution in [2.45, 2.75) is 24.7 Å². The van der Waals surface area contributed by atoms with Crippen LogP contribution in [0.1, 0.15) is 24.0 Å². The van der Waals surface area contributed by atoms with Crippen LogP contribution in [0.2, 0.25) is 5.02 Å². The fourth-order valence-electron chi connectivity index (χ4n) is 2.29. The molecule has 4 heteroatoms. The Bertz CT molecular complexity index is 456. The van der Waals surface area contributed by atoms with E-state index in [1.54, 1.807) is 18.2 Å². The van der Waals surface area contributed by atoms with Crippen molar-refractivity contribution in [3.63, 3.8) is 0 Å². The van der Waals surface area contributed by atoms with Crippen LogP contribution in [0.25, 0.3) is 0 Å². The van der Waals surface area contributed by atoms with Crippen LogP contribution in [0.3, 0.4) is 0 Å². The van der Waals surface area contributed by atoms with E-state index in [-0.39, 0.29) is 0 Å². The third-order valence-electron chi connectivity index (χ3n) is 3.15. The van der Waals surface area contributed by atoms with Gasteiger partial charge in [-0.15, -0.1) is 0 Å². The number of benzene rings is 1. The lowest BCUT2D eigenvalue weighted by molar-refractivity contribution is -0.146. The molecule has 84 valence electrons. The Morgan fingerprint density at radius 2 is 2.25 bits per heavy atom. The molecule has 1 aliphatic carbocycles. The molecule has 0 radical (unpaired) electrons. The van der Waals surface area contributed by atoms with E-state index in [9.17, 15) is 14.7 Å². The summed E-state index contributed by atoms with van der Waals surface area (Å²) in [5, 5.41) is 9.82. The van der Waals surface area contributed by atoms with Gasteiger partial charge in [0.05, 0.1) is 0 Å². The second-order valence-electron chi connectivity index (χ2n) is 4.05. The zero-order valence-electron chi connectivity index (χ0n) is 8.57. The highest BCUT2D eigenvalue weighted by atomic mass is 35.5. The van der Waals surface area contributed by atoms with Gasteiger partial charge in [0.1, 0.15) is 11.7 Å². The smallest absolute Gasteiger partial charge is 0.321 e. The number of aliphatic carboxylic acids is 1. The molecule has 2 rings (SSSR count). The fraction of sp³-hybridized carbons (Fsp3) is 0.333. The van der Waals surface area contributed by atoms with Crippen molar-refractivity contribution in [1.82, 2.24) is 0 Å². The lowest BCUT2D eigenvalue weighted by atomic mass is 9.71. The van der Waals surface area contributed by atoms with Crippen LogP contribution < -0.4 is 0 Å². The number of fused-ring (bicyclic) bond motifs is 1. The molecule has 0 aliphatic heterocycles. The first-order valence-corrected chi connectivity index (χ1v) is 5.46. The SMILES string of the molecule is O=C[C@]1(C(=O)O)CCCc2cc(Cl)ccc21. The van der Waals surface area contributed by atoms with Crippen LogP contribution in [0.15, 0.2) is 18.2 Å². The summed E-state index contributed by atoms with van der Waals surface area (Å²) in [5.74, 6) is -1.08. The predicted molar refractivity (Wildman–Crippen MR) is 59.8 cm³/mol. The summed E-state index contributed by atoms with van der Waals surface area (Å²) in [6.07, 6.45) is 2.37. The summed E-state index contributed by atoms with van der Waals surface area (Å²) in [6.45, 7) is 0. The first kappa shape index (κ1) is 11.1. The van der Waals surface area contributed by atoms with Gasteiger partial charge in [0, 0.05) is 5.02 Å². The minimum atomic E-state index is -1.38. The van der Waals surface area contributed by atoms with Gasteiger partial charge in [-0.2, -0.15) is 0 Å². The topological polar surface area (TPSA) is 54.4 Å². The number of carboxylic acids is 1. The fourth-order valence-corrected chi connectivity index (χ4v) is 2.49. The number of aldehydes is 1. The molecule has 0 fully saturated rings. The van der Waals surface area contributed by atoms with Gasteiger partial charge in [-0.05, 0) is 42.5 Å². The summed E-state index contributed by atoms with van der Waals surface area (Å²) in [4.78, 5) is 22.4. The van der Waals surface area contributed by atoms with E-state index in [0.29, 0.717) is 29.7 Å². The van der Waals surface area contributed by atoms with Crippen molar-refractivity contribution in [1.29, 1.82) is 0 Å². The first-order chi connectivity index (χ1) is 7.60. The molecular weight excluding hydrogens is 228 g/mol. The summed E-state index contributed by atoms with van der Waals surface area (Å²) in [5.41, 5.74) is 0.0805. The predicted octanol–water partition coefficient (Wildman–Crippen LogP) is 2.20. The number of hydrogen-bond donors (Lipinski definition) is 1. The molecular formula is C12H11ClO3. The Hall–Kier alpha value is -1.35. The first-order valence-electron chi connectivity index (χ1n) is 5.09. The average Bonchev–Trinajstić information content (AvgIpc) is 2.27. The molecule has 1 aromatic carbocycles. The average molecular weight is 239 g/mol. The zero-order chi connectivity index (χ0) is 11.8. The highest BCUT2D eigenvalue weighted by molar-refractivity contribution is 6.30. The van der Waals surface area contributed by atoms with Crippen molar-refractivity contribution in [3.8, 4) is 0 Å². The van der Waals surface area contributed by atoms with Gasteiger partial charge >= 0.3 is 5.97 Å². The number of hydrogen-bond acceptors (Lipinski definition) is 2. The Kier molecular flexibility index (Phi) is 2.72. The standard InChI is InChI=1S/C12H11ClO3/c13-9-3-4-10-8(6-9)2-1-5-12(10,7-14)11(15)16/h3-4,6-7H,1-2,5H2,(H,15,16)/t12-/m1/s1. The van der Waals surface area contributed by atoms with Crippen LogP contribution in [0.4, 0.5) is 0 Å². The quantitative estimate of drug-likeness (QED) is 0.635. The van der Waals surface area contributed by atoms with E-state index in [4.69, 9.17) is 11.6 Å². The van der Waals surface area contributed by atoms with E-state index in [0.717, 1.165) is 12.0 Å². The molecule has 0 saturated carbocycles. The van der Waals surface area contributed by atoms with Crippen molar-refractivity contribution < 1.29 is 14.7 Å². The summed E-state index contributed by atoms with van der Waals surface area (Å²) in [7, 11) is 0. The van der Waals surface area contributed by atoms with Crippen molar-refractivity contribution in [2.75, 3.05) is 0 Å². The second kappa shape index (κ2) is 3.91. The van der Waals surface area contributed by atoms with Crippen molar-refractivity contribution in [3.05, 3.63) is 34.3 Å². The van der Waals surface area contributed by atoms with E-state index < -0.39 is 11.4 Å². The Morgan fingerprint density at radius 1 is 1.50 bits per heavy atom. The number of halogens is 1. The van der Waals surface area contributed by atoms with E-state index in [1.807, 2.05) is 0 Å². The summed E-state index contributed by atoms with van der Waals surface area (Å²) >= 11 is 5.86. The third kappa shape index (κ3) is 1.52. The number of rotatable bonds is 2. The van der Waals surface area contributed by atoms with Gasteiger partial charge in [0.2, 0.25) is 0 Å². The molecule has 0 bridgehead atoms. The van der Waals surface area contributed by atoms with Crippen LogP contribution in [-0.2, 0) is 21.4 Å². The van der Waals surface area contributed by atoms with Crippen molar-refractivity contribution in [2.24, 2.45) is 0 Å². The number of carboxylic acid groups (broad SMARTS) is 1. The number of carbonyl (C=O) groups excluding carboxylic acids is 1. The van der Waals surface area contributed by atoms with E-state index >= 15 is 0 Å². The van der Waals surface area contributed by atoms with E-state index in [2.05, 4.69) is 0 Å². The molecule has 0 spiro atoms. The van der Waals surface area contributed by atoms with E-state index in [1.165, 1.54) is 0 Å². The van der Waals surface area contributed by atoms with Gasteiger partial charge in [-0.1, -0.05) is 17.7 Å². The molecule has 1 aliphatic rings. The van der Waals surface area contributed by atoms with Gasteiger partial charge in [-0.3, -0.25) is 4.79 Å². The monoisotopic (exact) mass is 238 g/mol. The molecule has 0 saturated heterocycles. The zero-order valence-corrected chi connectivity index (χ0v) is 9.33. The lowest BCUT2D eigenvalue weighted by Gasteiger charge is -2.30. The second-order valence-corrected chi connectivity index (χ2v) is 4.49. The Morgan fingerprint density at radius 3 is 2.88 bits per heavy atom. The minimum absolute atomic E-state index is 0.362. The molecule has 1 atom stereocenters. The highest BCUT2D eigenvalue weighted by Crippen LogP contribution is 2.37. The largest absolute Gasteiger partial charge is 0.480 e. The van der Waals surface area contributed by atoms with Gasteiger partial charge in [0.25, 0.3) is 0 Å². The Balaban J connectivity index is 2.63. The number of aryl methyl sites for hydroxylation is 1. The normalized spacial score (nSPS) is 23.6. The third-order valence-corrected chi connectivity index (χ3v) is 3.38. The van der Waals surface area contributed by atoms with Crippen LogP contribution in [0.5, 0.6) is 0 Å². The van der Waals surface area contributed by atoms with Gasteiger partial charge in [0.15, 0.2) is 0 Å². The molecule has 0 heterocycles. The maximum Gasteiger partial charge on any atom is 0.321 e.